The highest BCUT2D eigenvalue weighted by Crippen LogP contribution is 2.30. The summed E-state index contributed by atoms with van der Waals surface area (Å²) in [5.74, 6) is 0.116. The minimum atomic E-state index is -0.485. The SMILES string of the molecule is COc1cc(C)c(NC(=O)N2CCC(c3nccs3)CC2)cc1F. The summed E-state index contributed by atoms with van der Waals surface area (Å²) in [6, 6.07) is 2.69. The van der Waals surface area contributed by atoms with E-state index < -0.39 is 5.82 Å². The molecule has 0 unspecified atom stereocenters. The van der Waals surface area contributed by atoms with E-state index in [0.717, 1.165) is 23.4 Å². The van der Waals surface area contributed by atoms with Gasteiger partial charge in [-0.3, -0.25) is 0 Å². The number of amides is 2. The van der Waals surface area contributed by atoms with Gasteiger partial charge in [-0.2, -0.15) is 0 Å². The number of hydrogen-bond acceptors (Lipinski definition) is 4. The Morgan fingerprint density at radius 2 is 2.17 bits per heavy atom. The zero-order chi connectivity index (χ0) is 17.1. The van der Waals surface area contributed by atoms with Crippen LogP contribution >= 0.6 is 11.3 Å². The van der Waals surface area contributed by atoms with Gasteiger partial charge in [0.1, 0.15) is 0 Å². The molecule has 7 heteroatoms. The largest absolute Gasteiger partial charge is 0.494 e. The molecule has 0 radical (unpaired) electrons. The van der Waals surface area contributed by atoms with Gasteiger partial charge in [0.2, 0.25) is 0 Å². The minimum absolute atomic E-state index is 0.176. The Kier molecular flexibility index (Phi) is 4.99. The van der Waals surface area contributed by atoms with Gasteiger partial charge < -0.3 is 15.0 Å². The molecule has 1 aliphatic rings. The van der Waals surface area contributed by atoms with Crippen molar-refractivity contribution in [2.24, 2.45) is 0 Å². The molecule has 1 fully saturated rings. The molecule has 1 saturated heterocycles. The van der Waals surface area contributed by atoms with Gasteiger partial charge in [-0.15, -0.1) is 11.3 Å². The molecule has 0 bridgehead atoms. The van der Waals surface area contributed by atoms with Crippen molar-refractivity contribution in [3.8, 4) is 5.75 Å². The first-order chi connectivity index (χ1) is 11.6. The summed E-state index contributed by atoms with van der Waals surface area (Å²) in [4.78, 5) is 18.6. The van der Waals surface area contributed by atoms with Gasteiger partial charge in [-0.25, -0.2) is 14.2 Å². The third kappa shape index (κ3) is 3.51. The highest BCUT2D eigenvalue weighted by Gasteiger charge is 2.25. The van der Waals surface area contributed by atoms with Crippen LogP contribution in [0, 0.1) is 12.7 Å². The first kappa shape index (κ1) is 16.7. The molecule has 0 aliphatic carbocycles. The maximum Gasteiger partial charge on any atom is 0.321 e. The Morgan fingerprint density at radius 3 is 2.79 bits per heavy atom. The second-order valence-corrected chi connectivity index (χ2v) is 6.79. The molecule has 2 aromatic rings. The molecule has 1 aliphatic heterocycles. The van der Waals surface area contributed by atoms with Crippen LogP contribution in [0.25, 0.3) is 0 Å². The molecular formula is C17H20FN3O2S. The van der Waals surface area contributed by atoms with Crippen LogP contribution in [0.1, 0.15) is 29.3 Å². The number of piperidine rings is 1. The van der Waals surface area contributed by atoms with E-state index >= 15 is 0 Å². The van der Waals surface area contributed by atoms with Gasteiger partial charge in [0.05, 0.1) is 12.1 Å². The normalized spacial score (nSPS) is 15.4. The Hall–Kier alpha value is -2.15. The lowest BCUT2D eigenvalue weighted by molar-refractivity contribution is 0.194. The summed E-state index contributed by atoms with van der Waals surface area (Å²) in [6.45, 7) is 3.16. The summed E-state index contributed by atoms with van der Waals surface area (Å²) in [7, 11) is 1.42. The van der Waals surface area contributed by atoms with Crippen LogP contribution in [0.3, 0.4) is 0 Å². The van der Waals surface area contributed by atoms with Crippen molar-refractivity contribution in [3.05, 3.63) is 40.1 Å². The quantitative estimate of drug-likeness (QED) is 0.911. The lowest BCUT2D eigenvalue weighted by Crippen LogP contribution is -2.40. The summed E-state index contributed by atoms with van der Waals surface area (Å²) >= 11 is 1.67. The van der Waals surface area contributed by atoms with E-state index in [4.69, 9.17) is 4.74 Å². The monoisotopic (exact) mass is 349 g/mol. The van der Waals surface area contributed by atoms with Gasteiger partial charge in [-0.1, -0.05) is 0 Å². The number of aromatic nitrogens is 1. The molecule has 2 heterocycles. The predicted octanol–water partition coefficient (Wildman–Crippen LogP) is 4.01. The maximum atomic E-state index is 13.8. The Bertz CT molecular complexity index is 713. The molecule has 1 N–H and O–H groups in total. The third-order valence-corrected chi connectivity index (χ3v) is 5.26. The molecule has 1 aromatic heterocycles. The first-order valence-electron chi connectivity index (χ1n) is 7.88. The van der Waals surface area contributed by atoms with Crippen molar-refractivity contribution in [1.29, 1.82) is 0 Å². The highest BCUT2D eigenvalue weighted by atomic mass is 32.1. The van der Waals surface area contributed by atoms with Crippen molar-refractivity contribution in [1.82, 2.24) is 9.88 Å². The Balaban J connectivity index is 1.61. The molecule has 2 amide bonds. The highest BCUT2D eigenvalue weighted by molar-refractivity contribution is 7.09. The summed E-state index contributed by atoms with van der Waals surface area (Å²) in [5, 5.41) is 5.92. The van der Waals surface area contributed by atoms with Crippen LogP contribution in [0.5, 0.6) is 5.75 Å². The number of hydrogen-bond donors (Lipinski definition) is 1. The van der Waals surface area contributed by atoms with E-state index in [9.17, 15) is 9.18 Å². The number of ether oxygens (including phenoxy) is 1. The van der Waals surface area contributed by atoms with Gasteiger partial charge in [-0.05, 0) is 31.4 Å². The number of thiazole rings is 1. The zero-order valence-corrected chi connectivity index (χ0v) is 14.5. The topological polar surface area (TPSA) is 54.5 Å². The van der Waals surface area contributed by atoms with Gasteiger partial charge in [0.15, 0.2) is 11.6 Å². The van der Waals surface area contributed by atoms with Gasteiger partial charge >= 0.3 is 6.03 Å². The average molecular weight is 349 g/mol. The Morgan fingerprint density at radius 1 is 1.42 bits per heavy atom. The first-order valence-corrected chi connectivity index (χ1v) is 8.76. The number of carbonyl (C=O) groups is 1. The number of methoxy groups -OCH3 is 1. The van der Waals surface area contributed by atoms with E-state index in [1.54, 1.807) is 22.3 Å². The lowest BCUT2D eigenvalue weighted by atomic mass is 9.98. The number of urea groups is 1. The Labute approximate surface area is 144 Å². The van der Waals surface area contributed by atoms with E-state index in [2.05, 4.69) is 10.3 Å². The summed E-state index contributed by atoms with van der Waals surface area (Å²) in [5.41, 5.74) is 1.24. The van der Waals surface area contributed by atoms with Crippen molar-refractivity contribution in [2.75, 3.05) is 25.5 Å². The molecule has 24 heavy (non-hydrogen) atoms. The number of nitrogens with one attached hydrogen (secondary N) is 1. The molecule has 0 spiro atoms. The van der Waals surface area contributed by atoms with Crippen LogP contribution < -0.4 is 10.1 Å². The van der Waals surface area contributed by atoms with Crippen molar-refractivity contribution < 1.29 is 13.9 Å². The van der Waals surface area contributed by atoms with Crippen LogP contribution in [0.15, 0.2) is 23.7 Å². The van der Waals surface area contributed by atoms with Gasteiger partial charge in [0, 0.05) is 42.3 Å². The van der Waals surface area contributed by atoms with Gasteiger partial charge in [0.25, 0.3) is 0 Å². The fourth-order valence-corrected chi connectivity index (χ4v) is 3.72. The average Bonchev–Trinajstić information content (AvgIpc) is 3.12. The maximum absolute atomic E-state index is 13.8. The summed E-state index contributed by atoms with van der Waals surface area (Å²) < 4.78 is 18.8. The number of carbonyl (C=O) groups excluding carboxylic acids is 1. The number of halogens is 1. The molecule has 0 atom stereocenters. The summed E-state index contributed by atoms with van der Waals surface area (Å²) in [6.07, 6.45) is 3.62. The number of likely N-dealkylation sites (tertiary alicyclic amines) is 1. The second kappa shape index (κ2) is 7.17. The fourth-order valence-electron chi connectivity index (χ4n) is 2.91. The standard InChI is InChI=1S/C17H20FN3O2S/c1-11-9-15(23-2)13(18)10-14(11)20-17(22)21-6-3-12(4-7-21)16-19-5-8-24-16/h5,8-10,12H,3-4,6-7H2,1-2H3,(H,20,22). The fraction of sp³-hybridized carbons (Fsp3) is 0.412. The van der Waals surface area contributed by atoms with Crippen LogP contribution in [0.4, 0.5) is 14.9 Å². The number of anilines is 1. The van der Waals surface area contributed by atoms with Crippen molar-refractivity contribution >= 4 is 23.1 Å². The zero-order valence-electron chi connectivity index (χ0n) is 13.7. The molecule has 5 nitrogen and oxygen atoms in total. The molecular weight excluding hydrogens is 329 g/mol. The second-order valence-electron chi connectivity index (χ2n) is 5.86. The van der Waals surface area contributed by atoms with Crippen LogP contribution in [0.2, 0.25) is 0 Å². The minimum Gasteiger partial charge on any atom is -0.494 e. The predicted molar refractivity (Wildman–Crippen MR) is 92.4 cm³/mol. The van der Waals surface area contributed by atoms with Crippen molar-refractivity contribution in [2.45, 2.75) is 25.7 Å². The van der Waals surface area contributed by atoms with Crippen LogP contribution in [-0.2, 0) is 0 Å². The number of aryl methyl sites for hydroxylation is 1. The smallest absolute Gasteiger partial charge is 0.321 e. The number of benzene rings is 1. The molecule has 3 rings (SSSR count). The number of nitrogens with zero attached hydrogens (tertiary/aromatic N) is 2. The number of rotatable bonds is 3. The molecule has 1 aromatic carbocycles. The van der Waals surface area contributed by atoms with E-state index in [1.807, 2.05) is 18.5 Å². The third-order valence-electron chi connectivity index (χ3n) is 4.32. The molecule has 0 saturated carbocycles. The molecule has 128 valence electrons. The van der Waals surface area contributed by atoms with Crippen LogP contribution in [-0.4, -0.2) is 36.1 Å². The van der Waals surface area contributed by atoms with Crippen molar-refractivity contribution in [3.63, 3.8) is 0 Å². The lowest BCUT2D eigenvalue weighted by Gasteiger charge is -2.31. The van der Waals surface area contributed by atoms with E-state index in [-0.39, 0.29) is 11.8 Å². The van der Waals surface area contributed by atoms with E-state index in [0.29, 0.717) is 24.7 Å². The van der Waals surface area contributed by atoms with E-state index in [1.165, 1.54) is 13.2 Å².